The van der Waals surface area contributed by atoms with E-state index in [0.29, 0.717) is 10.6 Å². The summed E-state index contributed by atoms with van der Waals surface area (Å²) in [5.74, 6) is -0.355. The average molecular weight is 357 g/mol. The fourth-order valence-electron chi connectivity index (χ4n) is 2.22. The van der Waals surface area contributed by atoms with Gasteiger partial charge in [0.1, 0.15) is 5.82 Å². The molecule has 0 radical (unpaired) electrons. The normalized spacial score (nSPS) is 13.3. The van der Waals surface area contributed by atoms with E-state index >= 15 is 0 Å². The van der Waals surface area contributed by atoms with Crippen molar-refractivity contribution in [3.05, 3.63) is 64.9 Å². The summed E-state index contributed by atoms with van der Waals surface area (Å²) >= 11 is 5.84. The molecule has 0 aromatic heterocycles. The molecule has 2 aromatic rings. The standard InChI is InChI=1S/C16H18ClFN2O2S/c1-20(2)16(12-5-3-7-14(18)9-12)11-19-23(21,22)15-8-4-6-13(17)10-15/h3-10,16,19H,11H2,1-2H3/t16-/m1/s1. The van der Waals surface area contributed by atoms with Gasteiger partial charge in [-0.3, -0.25) is 0 Å². The van der Waals surface area contributed by atoms with Crippen LogP contribution in [0, 0.1) is 5.82 Å². The molecule has 23 heavy (non-hydrogen) atoms. The molecule has 2 rings (SSSR count). The Morgan fingerprint density at radius 3 is 2.48 bits per heavy atom. The third-order valence-electron chi connectivity index (χ3n) is 3.43. The molecule has 1 atom stereocenters. The van der Waals surface area contributed by atoms with E-state index in [2.05, 4.69) is 4.72 Å². The third kappa shape index (κ3) is 4.75. The van der Waals surface area contributed by atoms with E-state index in [-0.39, 0.29) is 23.3 Å². The monoisotopic (exact) mass is 356 g/mol. The number of hydrogen-bond donors (Lipinski definition) is 1. The number of sulfonamides is 1. The molecule has 0 aliphatic heterocycles. The van der Waals surface area contributed by atoms with Crippen LogP contribution in [0.25, 0.3) is 0 Å². The van der Waals surface area contributed by atoms with Crippen molar-refractivity contribution in [3.8, 4) is 0 Å². The SMILES string of the molecule is CN(C)[C@H](CNS(=O)(=O)c1cccc(Cl)c1)c1cccc(F)c1. The third-order valence-corrected chi connectivity index (χ3v) is 5.09. The first-order valence-corrected chi connectivity index (χ1v) is 8.83. The van der Waals surface area contributed by atoms with Crippen LogP contribution in [0.2, 0.25) is 5.02 Å². The molecule has 0 saturated heterocycles. The summed E-state index contributed by atoms with van der Waals surface area (Å²) in [7, 11) is -0.0668. The lowest BCUT2D eigenvalue weighted by Crippen LogP contribution is -2.34. The van der Waals surface area contributed by atoms with Crippen molar-refractivity contribution in [1.82, 2.24) is 9.62 Å². The van der Waals surface area contributed by atoms with E-state index in [4.69, 9.17) is 11.6 Å². The Balaban J connectivity index is 2.19. The largest absolute Gasteiger partial charge is 0.301 e. The zero-order valence-corrected chi connectivity index (χ0v) is 14.4. The summed E-state index contributed by atoms with van der Waals surface area (Å²) < 4.78 is 40.6. The second kappa shape index (κ2) is 7.40. The maximum atomic E-state index is 13.4. The van der Waals surface area contributed by atoms with E-state index in [0.717, 1.165) is 0 Å². The molecule has 1 N–H and O–H groups in total. The van der Waals surface area contributed by atoms with E-state index in [1.165, 1.54) is 24.3 Å². The maximum absolute atomic E-state index is 13.4. The molecule has 0 heterocycles. The van der Waals surface area contributed by atoms with E-state index in [1.54, 1.807) is 24.3 Å². The van der Waals surface area contributed by atoms with Crippen molar-refractivity contribution in [2.45, 2.75) is 10.9 Å². The lowest BCUT2D eigenvalue weighted by molar-refractivity contribution is 0.299. The summed E-state index contributed by atoms with van der Waals surface area (Å²) in [6, 6.07) is 11.9. The van der Waals surface area contributed by atoms with Gasteiger partial charge in [0, 0.05) is 17.6 Å². The minimum absolute atomic E-state index is 0.0988. The topological polar surface area (TPSA) is 49.4 Å². The van der Waals surface area contributed by atoms with Gasteiger partial charge in [0.05, 0.1) is 4.90 Å². The van der Waals surface area contributed by atoms with Crippen LogP contribution in [0.3, 0.4) is 0 Å². The Bertz CT molecular complexity index is 781. The van der Waals surface area contributed by atoms with Gasteiger partial charge < -0.3 is 4.90 Å². The van der Waals surface area contributed by atoms with Crippen LogP contribution in [-0.4, -0.2) is 34.0 Å². The predicted molar refractivity (Wildman–Crippen MR) is 89.5 cm³/mol. The molecule has 0 aliphatic carbocycles. The number of nitrogens with one attached hydrogen (secondary N) is 1. The van der Waals surface area contributed by atoms with Crippen molar-refractivity contribution >= 4 is 21.6 Å². The minimum atomic E-state index is -3.68. The summed E-state index contributed by atoms with van der Waals surface area (Å²) in [5, 5.41) is 0.349. The summed E-state index contributed by atoms with van der Waals surface area (Å²) in [6.07, 6.45) is 0. The minimum Gasteiger partial charge on any atom is -0.301 e. The molecule has 0 fully saturated rings. The van der Waals surface area contributed by atoms with Crippen molar-refractivity contribution in [2.24, 2.45) is 0 Å². The van der Waals surface area contributed by atoms with Crippen LogP contribution in [0.15, 0.2) is 53.4 Å². The van der Waals surface area contributed by atoms with Gasteiger partial charge in [-0.1, -0.05) is 29.8 Å². The van der Waals surface area contributed by atoms with Crippen LogP contribution >= 0.6 is 11.6 Å². The van der Waals surface area contributed by atoms with Gasteiger partial charge in [-0.25, -0.2) is 17.5 Å². The molecule has 124 valence electrons. The Kier molecular flexibility index (Phi) is 5.75. The van der Waals surface area contributed by atoms with E-state index in [1.807, 2.05) is 19.0 Å². The first-order valence-electron chi connectivity index (χ1n) is 6.97. The molecule has 4 nitrogen and oxygen atoms in total. The number of likely N-dealkylation sites (N-methyl/N-ethyl adjacent to an activating group) is 1. The lowest BCUT2D eigenvalue weighted by Gasteiger charge is -2.25. The molecule has 0 spiro atoms. The molecule has 0 bridgehead atoms. The summed E-state index contributed by atoms with van der Waals surface area (Å²) in [5.41, 5.74) is 0.698. The second-order valence-electron chi connectivity index (χ2n) is 5.34. The Labute approximate surface area is 140 Å². The zero-order chi connectivity index (χ0) is 17.0. The Morgan fingerprint density at radius 1 is 1.17 bits per heavy atom. The summed E-state index contributed by atoms with van der Waals surface area (Å²) in [4.78, 5) is 1.93. The zero-order valence-electron chi connectivity index (χ0n) is 12.8. The van der Waals surface area contributed by atoms with Crippen molar-refractivity contribution in [1.29, 1.82) is 0 Å². The number of halogens is 2. The first kappa shape index (κ1) is 17.9. The van der Waals surface area contributed by atoms with Gasteiger partial charge >= 0.3 is 0 Å². The Morgan fingerprint density at radius 2 is 1.87 bits per heavy atom. The second-order valence-corrected chi connectivity index (χ2v) is 7.55. The molecular weight excluding hydrogens is 339 g/mol. The van der Waals surface area contributed by atoms with Gasteiger partial charge in [-0.05, 0) is 50.0 Å². The number of hydrogen-bond acceptors (Lipinski definition) is 3. The number of benzene rings is 2. The van der Waals surface area contributed by atoms with Crippen molar-refractivity contribution < 1.29 is 12.8 Å². The molecule has 0 saturated carbocycles. The average Bonchev–Trinajstić information content (AvgIpc) is 2.47. The summed E-state index contributed by atoms with van der Waals surface area (Å²) in [6.45, 7) is 0.116. The Hall–Kier alpha value is -1.47. The van der Waals surface area contributed by atoms with Gasteiger partial charge in [-0.2, -0.15) is 0 Å². The highest BCUT2D eigenvalue weighted by Gasteiger charge is 2.20. The van der Waals surface area contributed by atoms with Gasteiger partial charge in [0.2, 0.25) is 10.0 Å². The molecule has 0 aliphatic rings. The molecular formula is C16H18ClFN2O2S. The fraction of sp³-hybridized carbons (Fsp3) is 0.250. The van der Waals surface area contributed by atoms with E-state index in [9.17, 15) is 12.8 Å². The van der Waals surface area contributed by atoms with Crippen LogP contribution < -0.4 is 4.72 Å². The van der Waals surface area contributed by atoms with Crippen LogP contribution in [0.5, 0.6) is 0 Å². The highest BCUT2D eigenvalue weighted by Crippen LogP contribution is 2.20. The number of nitrogens with zero attached hydrogens (tertiary/aromatic N) is 1. The van der Waals surface area contributed by atoms with Gasteiger partial charge in [0.25, 0.3) is 0 Å². The van der Waals surface area contributed by atoms with Gasteiger partial charge in [-0.15, -0.1) is 0 Å². The maximum Gasteiger partial charge on any atom is 0.240 e. The predicted octanol–water partition coefficient (Wildman–Crippen LogP) is 3.06. The van der Waals surface area contributed by atoms with Crippen molar-refractivity contribution in [2.75, 3.05) is 20.6 Å². The van der Waals surface area contributed by atoms with Crippen LogP contribution in [0.1, 0.15) is 11.6 Å². The lowest BCUT2D eigenvalue weighted by atomic mass is 10.1. The van der Waals surface area contributed by atoms with E-state index < -0.39 is 10.0 Å². The molecule has 0 amide bonds. The number of rotatable bonds is 6. The van der Waals surface area contributed by atoms with Crippen molar-refractivity contribution in [3.63, 3.8) is 0 Å². The highest BCUT2D eigenvalue weighted by atomic mass is 35.5. The molecule has 0 unspecified atom stereocenters. The molecule has 2 aromatic carbocycles. The van der Waals surface area contributed by atoms with Crippen LogP contribution in [-0.2, 0) is 10.0 Å². The van der Waals surface area contributed by atoms with Crippen LogP contribution in [0.4, 0.5) is 4.39 Å². The smallest absolute Gasteiger partial charge is 0.240 e. The quantitative estimate of drug-likeness (QED) is 0.865. The first-order chi connectivity index (χ1) is 10.8. The molecule has 7 heteroatoms. The van der Waals surface area contributed by atoms with Gasteiger partial charge in [0.15, 0.2) is 0 Å². The fourth-order valence-corrected chi connectivity index (χ4v) is 3.56. The highest BCUT2D eigenvalue weighted by molar-refractivity contribution is 7.89.